The Hall–Kier alpha value is -1.42. The molecule has 0 bridgehead atoms. The third-order valence-corrected chi connectivity index (χ3v) is 2.12. The van der Waals surface area contributed by atoms with Crippen molar-refractivity contribution in [1.82, 2.24) is 0 Å². The Morgan fingerprint density at radius 3 is 2.33 bits per heavy atom. The van der Waals surface area contributed by atoms with Crippen LogP contribution in [0.15, 0.2) is 18.2 Å². The maximum Gasteiger partial charge on any atom is 0.148 e. The Labute approximate surface area is 90.0 Å². The molecule has 4 heteroatoms. The van der Waals surface area contributed by atoms with Crippen LogP contribution in [-0.4, -0.2) is 25.5 Å². The highest BCUT2D eigenvalue weighted by molar-refractivity contribution is 5.59. The first-order valence-corrected chi connectivity index (χ1v) is 4.80. The van der Waals surface area contributed by atoms with Crippen molar-refractivity contribution in [3.63, 3.8) is 0 Å². The van der Waals surface area contributed by atoms with Gasteiger partial charge in [0.05, 0.1) is 20.3 Å². The van der Waals surface area contributed by atoms with E-state index in [0.717, 1.165) is 5.06 Å². The number of nitrogens with zero attached hydrogens (tertiary/aromatic N) is 1. The first-order valence-electron chi connectivity index (χ1n) is 4.80. The molecular formula is C11H17NO3. The summed E-state index contributed by atoms with van der Waals surface area (Å²) in [6.45, 7) is 3.79. The molecule has 0 saturated heterocycles. The summed E-state index contributed by atoms with van der Waals surface area (Å²) in [5.74, 6) is 1.29. The first kappa shape index (κ1) is 11.7. The second kappa shape index (κ2) is 4.89. The Kier molecular flexibility index (Phi) is 3.80. The van der Waals surface area contributed by atoms with Gasteiger partial charge in [-0.2, -0.15) is 0 Å². The number of hydroxylamine groups is 1. The molecule has 0 heterocycles. The van der Waals surface area contributed by atoms with E-state index in [1.807, 2.05) is 13.8 Å². The van der Waals surface area contributed by atoms with E-state index in [-0.39, 0.29) is 6.04 Å². The standard InChI is InChI=1S/C11H17NO3/c1-8(2)12(13)10-6-5-9(14-3)7-11(10)15-4/h5-8,13H,1-4H3. The van der Waals surface area contributed by atoms with Gasteiger partial charge < -0.3 is 9.47 Å². The van der Waals surface area contributed by atoms with Gasteiger partial charge in [0.1, 0.15) is 17.2 Å². The fourth-order valence-corrected chi connectivity index (χ4v) is 1.25. The number of methoxy groups -OCH3 is 2. The van der Waals surface area contributed by atoms with Crippen LogP contribution < -0.4 is 14.5 Å². The van der Waals surface area contributed by atoms with Gasteiger partial charge >= 0.3 is 0 Å². The zero-order valence-electron chi connectivity index (χ0n) is 9.52. The Bertz CT molecular complexity index is 326. The van der Waals surface area contributed by atoms with Crippen molar-refractivity contribution >= 4 is 5.69 Å². The average Bonchev–Trinajstić information content (AvgIpc) is 2.27. The number of anilines is 1. The monoisotopic (exact) mass is 211 g/mol. The lowest BCUT2D eigenvalue weighted by Crippen LogP contribution is -2.26. The van der Waals surface area contributed by atoms with Crippen LogP contribution in [-0.2, 0) is 0 Å². The van der Waals surface area contributed by atoms with E-state index in [4.69, 9.17) is 9.47 Å². The Morgan fingerprint density at radius 1 is 1.20 bits per heavy atom. The van der Waals surface area contributed by atoms with Crippen LogP contribution in [0, 0.1) is 0 Å². The number of hydrogen-bond acceptors (Lipinski definition) is 4. The number of ether oxygens (including phenoxy) is 2. The lowest BCUT2D eigenvalue weighted by atomic mass is 10.2. The molecule has 15 heavy (non-hydrogen) atoms. The van der Waals surface area contributed by atoms with Crippen LogP contribution >= 0.6 is 0 Å². The predicted molar refractivity (Wildman–Crippen MR) is 58.9 cm³/mol. The fourth-order valence-electron chi connectivity index (χ4n) is 1.25. The van der Waals surface area contributed by atoms with Gasteiger partial charge in [0, 0.05) is 6.07 Å². The molecule has 1 rings (SSSR count). The van der Waals surface area contributed by atoms with Crippen molar-refractivity contribution < 1.29 is 14.7 Å². The highest BCUT2D eigenvalue weighted by atomic mass is 16.5. The highest BCUT2D eigenvalue weighted by Gasteiger charge is 2.13. The van der Waals surface area contributed by atoms with Gasteiger partial charge in [-0.3, -0.25) is 10.3 Å². The SMILES string of the molecule is COc1ccc(N(O)C(C)C)c(OC)c1. The quantitative estimate of drug-likeness (QED) is 0.776. The molecule has 0 radical (unpaired) electrons. The maximum atomic E-state index is 9.79. The molecule has 0 aliphatic rings. The van der Waals surface area contributed by atoms with Crippen molar-refractivity contribution in [2.24, 2.45) is 0 Å². The number of rotatable bonds is 4. The molecule has 0 unspecified atom stereocenters. The van der Waals surface area contributed by atoms with Gasteiger partial charge in [0.2, 0.25) is 0 Å². The second-order valence-electron chi connectivity index (χ2n) is 3.48. The molecule has 1 aromatic carbocycles. The van der Waals surface area contributed by atoms with Crippen LogP contribution in [0.3, 0.4) is 0 Å². The van der Waals surface area contributed by atoms with Crippen molar-refractivity contribution in [3.8, 4) is 11.5 Å². The number of hydrogen-bond donors (Lipinski definition) is 1. The molecular weight excluding hydrogens is 194 g/mol. The van der Waals surface area contributed by atoms with Gasteiger partial charge in [-0.25, -0.2) is 0 Å². The van der Waals surface area contributed by atoms with E-state index >= 15 is 0 Å². The van der Waals surface area contributed by atoms with Crippen LogP contribution in [0.2, 0.25) is 0 Å². The van der Waals surface area contributed by atoms with E-state index in [9.17, 15) is 5.21 Å². The summed E-state index contributed by atoms with van der Waals surface area (Å²) in [6.07, 6.45) is 0. The number of benzene rings is 1. The van der Waals surface area contributed by atoms with Crippen LogP contribution in [0.25, 0.3) is 0 Å². The lowest BCUT2D eigenvalue weighted by Gasteiger charge is -2.23. The molecule has 1 aromatic rings. The molecule has 0 aliphatic carbocycles. The summed E-state index contributed by atoms with van der Waals surface area (Å²) in [7, 11) is 3.15. The van der Waals surface area contributed by atoms with Gasteiger partial charge in [0.15, 0.2) is 0 Å². The zero-order valence-corrected chi connectivity index (χ0v) is 9.52. The topological polar surface area (TPSA) is 41.9 Å². The highest BCUT2D eigenvalue weighted by Crippen LogP contribution is 2.32. The maximum absolute atomic E-state index is 9.79. The van der Waals surface area contributed by atoms with Crippen molar-refractivity contribution in [2.45, 2.75) is 19.9 Å². The van der Waals surface area contributed by atoms with Crippen LogP contribution in [0.5, 0.6) is 11.5 Å². The lowest BCUT2D eigenvalue weighted by molar-refractivity contribution is 0.225. The normalized spacial score (nSPS) is 10.3. The molecule has 0 amide bonds. The van der Waals surface area contributed by atoms with Crippen LogP contribution in [0.1, 0.15) is 13.8 Å². The molecule has 1 N–H and O–H groups in total. The summed E-state index contributed by atoms with van der Waals surface area (Å²) in [5, 5.41) is 11.0. The molecule has 84 valence electrons. The van der Waals surface area contributed by atoms with Crippen molar-refractivity contribution in [1.29, 1.82) is 0 Å². The van der Waals surface area contributed by atoms with Crippen molar-refractivity contribution in [3.05, 3.63) is 18.2 Å². The van der Waals surface area contributed by atoms with Gasteiger partial charge in [-0.15, -0.1) is 0 Å². The molecule has 0 saturated carbocycles. The minimum Gasteiger partial charge on any atom is -0.497 e. The summed E-state index contributed by atoms with van der Waals surface area (Å²) in [4.78, 5) is 0. The molecule has 0 fully saturated rings. The molecule has 4 nitrogen and oxygen atoms in total. The largest absolute Gasteiger partial charge is 0.497 e. The van der Waals surface area contributed by atoms with E-state index in [2.05, 4.69) is 0 Å². The summed E-state index contributed by atoms with van der Waals surface area (Å²) in [5.41, 5.74) is 0.633. The minimum absolute atomic E-state index is 0.00713. The fraction of sp³-hybridized carbons (Fsp3) is 0.455. The van der Waals surface area contributed by atoms with Gasteiger partial charge in [-0.05, 0) is 26.0 Å². The predicted octanol–water partition coefficient (Wildman–Crippen LogP) is 2.31. The summed E-state index contributed by atoms with van der Waals surface area (Å²) >= 11 is 0. The summed E-state index contributed by atoms with van der Waals surface area (Å²) < 4.78 is 10.2. The van der Waals surface area contributed by atoms with Crippen LogP contribution in [0.4, 0.5) is 5.69 Å². The van der Waals surface area contributed by atoms with E-state index in [0.29, 0.717) is 17.2 Å². The molecule has 0 atom stereocenters. The molecule has 0 spiro atoms. The second-order valence-corrected chi connectivity index (χ2v) is 3.48. The van der Waals surface area contributed by atoms with Gasteiger partial charge in [-0.1, -0.05) is 0 Å². The Morgan fingerprint density at radius 2 is 1.87 bits per heavy atom. The smallest absolute Gasteiger partial charge is 0.148 e. The first-order chi connectivity index (χ1) is 7.10. The average molecular weight is 211 g/mol. The third kappa shape index (κ3) is 2.53. The van der Waals surface area contributed by atoms with E-state index < -0.39 is 0 Å². The summed E-state index contributed by atoms with van der Waals surface area (Å²) in [6, 6.07) is 5.27. The zero-order chi connectivity index (χ0) is 11.4. The van der Waals surface area contributed by atoms with Crippen molar-refractivity contribution in [2.75, 3.05) is 19.3 Å². The van der Waals surface area contributed by atoms with E-state index in [1.165, 1.54) is 0 Å². The molecule has 0 aromatic heterocycles. The minimum atomic E-state index is -0.00713. The molecule has 0 aliphatic heterocycles. The Balaban J connectivity index is 3.07. The third-order valence-electron chi connectivity index (χ3n) is 2.12. The van der Waals surface area contributed by atoms with Gasteiger partial charge in [0.25, 0.3) is 0 Å². The van der Waals surface area contributed by atoms with E-state index in [1.54, 1.807) is 32.4 Å².